The van der Waals surface area contributed by atoms with Gasteiger partial charge in [0.1, 0.15) is 6.54 Å². The summed E-state index contributed by atoms with van der Waals surface area (Å²) in [6.45, 7) is 12.2. The molecule has 0 heterocycles. The molecule has 0 rings (SSSR count). The molecule has 0 aliphatic carbocycles. The smallest absolute Gasteiger partial charge is 0.333 e. The van der Waals surface area contributed by atoms with E-state index in [0.29, 0.717) is 5.57 Å². The molecule has 37 heavy (non-hydrogen) atoms. The third-order valence-corrected chi connectivity index (χ3v) is 7.82. The van der Waals surface area contributed by atoms with Gasteiger partial charge in [0.25, 0.3) is 0 Å². The predicted molar refractivity (Wildman–Crippen MR) is 164 cm³/mol. The number of nitrogens with zero attached hydrogens (tertiary/aromatic N) is 1. The van der Waals surface area contributed by atoms with E-state index >= 15 is 0 Å². The number of esters is 1. The molecule has 0 aromatic rings. The summed E-state index contributed by atoms with van der Waals surface area (Å²) in [4.78, 5) is 12.3. The molecule has 1 unspecified atom stereocenters. The Morgan fingerprint density at radius 2 is 0.973 bits per heavy atom. The van der Waals surface area contributed by atoms with Crippen LogP contribution in [0, 0.1) is 0 Å². The van der Waals surface area contributed by atoms with E-state index in [0.717, 1.165) is 30.4 Å². The molecule has 3 heteroatoms. The molecule has 0 aliphatic heterocycles. The summed E-state index contributed by atoms with van der Waals surface area (Å²) >= 11 is 0. The minimum absolute atomic E-state index is 0.00504. The van der Waals surface area contributed by atoms with Crippen LogP contribution in [-0.2, 0) is 9.53 Å². The van der Waals surface area contributed by atoms with Gasteiger partial charge in [0, 0.05) is 5.57 Å². The van der Waals surface area contributed by atoms with Gasteiger partial charge >= 0.3 is 5.97 Å². The van der Waals surface area contributed by atoms with Gasteiger partial charge in [-0.25, -0.2) is 4.79 Å². The molecular weight excluding hydrogens is 454 g/mol. The lowest BCUT2D eigenvalue weighted by Gasteiger charge is -2.33. The average molecular weight is 523 g/mol. The highest BCUT2D eigenvalue weighted by molar-refractivity contribution is 5.87. The summed E-state index contributed by atoms with van der Waals surface area (Å²) in [5.41, 5.74) is 0.514. The number of carbonyl (C=O) groups is 1. The Balaban J connectivity index is 4.09. The molecule has 0 N–H and O–H groups in total. The van der Waals surface area contributed by atoms with E-state index in [1.54, 1.807) is 6.92 Å². The lowest BCUT2D eigenvalue weighted by Crippen LogP contribution is -2.47. The lowest BCUT2D eigenvalue weighted by molar-refractivity contribution is -0.893. The third-order valence-electron chi connectivity index (χ3n) is 7.82. The number of ether oxygens (including phenoxy) is 1. The third kappa shape index (κ3) is 25.2. The molecule has 0 bridgehead atoms. The second kappa shape index (κ2) is 25.4. The highest BCUT2D eigenvalue weighted by Crippen LogP contribution is 2.17. The minimum Gasteiger partial charge on any atom is -0.453 e. The van der Waals surface area contributed by atoms with Gasteiger partial charge in [0.2, 0.25) is 0 Å². The van der Waals surface area contributed by atoms with Gasteiger partial charge < -0.3 is 9.22 Å². The van der Waals surface area contributed by atoms with Crippen LogP contribution in [0.2, 0.25) is 0 Å². The van der Waals surface area contributed by atoms with Crippen molar-refractivity contribution < 1.29 is 14.0 Å². The molecule has 0 aromatic carbocycles. The number of hydrogen-bond donors (Lipinski definition) is 0. The molecule has 0 aliphatic rings. The topological polar surface area (TPSA) is 26.3 Å². The molecule has 220 valence electrons. The normalized spacial score (nSPS) is 12.6. The van der Waals surface area contributed by atoms with Crippen LogP contribution >= 0.6 is 0 Å². The van der Waals surface area contributed by atoms with Crippen molar-refractivity contribution in [2.24, 2.45) is 0 Å². The Morgan fingerprint density at radius 3 is 1.35 bits per heavy atom. The maximum atomic E-state index is 12.3. The van der Waals surface area contributed by atoms with Crippen LogP contribution < -0.4 is 0 Å². The average Bonchev–Trinajstić information content (AvgIpc) is 2.85. The molecule has 0 saturated carbocycles. The van der Waals surface area contributed by atoms with E-state index in [-0.39, 0.29) is 12.1 Å². The van der Waals surface area contributed by atoms with Gasteiger partial charge in [-0.2, -0.15) is 0 Å². The zero-order valence-electron chi connectivity index (χ0n) is 26.2. The largest absolute Gasteiger partial charge is 0.453 e. The van der Waals surface area contributed by atoms with Crippen LogP contribution in [0.25, 0.3) is 0 Å². The van der Waals surface area contributed by atoms with Crippen molar-refractivity contribution in [2.45, 2.75) is 175 Å². The monoisotopic (exact) mass is 523 g/mol. The maximum absolute atomic E-state index is 12.3. The van der Waals surface area contributed by atoms with E-state index in [2.05, 4.69) is 34.5 Å². The zero-order valence-corrected chi connectivity index (χ0v) is 26.2. The summed E-state index contributed by atoms with van der Waals surface area (Å²) in [7, 11) is 4.61. The van der Waals surface area contributed by atoms with Crippen molar-refractivity contribution in [1.82, 2.24) is 0 Å². The Hall–Kier alpha value is -0.830. The zero-order chi connectivity index (χ0) is 27.6. The Morgan fingerprint density at radius 1 is 0.622 bits per heavy atom. The molecule has 1 atom stereocenters. The second-order valence-electron chi connectivity index (χ2n) is 12.5. The molecule has 0 fully saturated rings. The standard InChI is InChI=1S/C34H68NO2/c1-7-9-11-13-15-17-19-20-21-23-25-27-29-33(37-34(36)32(3)4)31-35(5,6)30-28-26-24-22-18-16-14-12-10-8-2/h33H,3,7-31H2,1-2,4-6H3/q+1. The van der Waals surface area contributed by atoms with Crippen LogP contribution in [0.4, 0.5) is 0 Å². The van der Waals surface area contributed by atoms with Gasteiger partial charge in [0.05, 0.1) is 20.6 Å². The number of likely N-dealkylation sites (N-methyl/N-ethyl adjacent to an activating group) is 1. The van der Waals surface area contributed by atoms with Crippen LogP contribution in [0.15, 0.2) is 12.2 Å². The van der Waals surface area contributed by atoms with E-state index < -0.39 is 0 Å². The fraction of sp³-hybridized carbons (Fsp3) is 0.912. The van der Waals surface area contributed by atoms with Crippen LogP contribution in [0.5, 0.6) is 0 Å². The Kier molecular flexibility index (Phi) is 24.9. The first-order valence-electron chi connectivity index (χ1n) is 16.5. The molecule has 3 nitrogen and oxygen atoms in total. The van der Waals surface area contributed by atoms with E-state index in [1.165, 1.54) is 135 Å². The van der Waals surface area contributed by atoms with Crippen LogP contribution in [-0.4, -0.2) is 43.7 Å². The quantitative estimate of drug-likeness (QED) is 0.0442. The number of hydrogen-bond acceptors (Lipinski definition) is 2. The van der Waals surface area contributed by atoms with Crippen molar-refractivity contribution in [3.63, 3.8) is 0 Å². The first-order chi connectivity index (χ1) is 17.8. The highest BCUT2D eigenvalue weighted by atomic mass is 16.5. The number of carbonyl (C=O) groups excluding carboxylic acids is 1. The Labute approximate surface area is 233 Å². The fourth-order valence-corrected chi connectivity index (χ4v) is 5.32. The van der Waals surface area contributed by atoms with Gasteiger partial charge in [-0.05, 0) is 32.6 Å². The molecule has 0 amide bonds. The SMILES string of the molecule is C=C(C)C(=O)OC(CCCCCCCCCCCCCC)C[N+](C)(C)CCCCCCCCCCCC. The van der Waals surface area contributed by atoms with Crippen molar-refractivity contribution >= 4 is 5.97 Å². The predicted octanol–water partition coefficient (Wildman–Crippen LogP) is 10.6. The second-order valence-corrected chi connectivity index (χ2v) is 12.5. The molecule has 0 saturated heterocycles. The van der Waals surface area contributed by atoms with Crippen LogP contribution in [0.1, 0.15) is 168 Å². The van der Waals surface area contributed by atoms with Crippen molar-refractivity contribution in [1.29, 1.82) is 0 Å². The molecule has 0 spiro atoms. The number of quaternary nitrogens is 1. The molecular formula is C34H68NO2+. The number of rotatable bonds is 28. The van der Waals surface area contributed by atoms with E-state index in [1.807, 2.05) is 0 Å². The first kappa shape index (κ1) is 36.2. The highest BCUT2D eigenvalue weighted by Gasteiger charge is 2.25. The van der Waals surface area contributed by atoms with Crippen molar-refractivity contribution in [3.05, 3.63) is 12.2 Å². The van der Waals surface area contributed by atoms with E-state index in [4.69, 9.17) is 4.74 Å². The molecule has 0 radical (unpaired) electrons. The summed E-state index contributed by atoms with van der Waals surface area (Å²) in [6, 6.07) is 0. The maximum Gasteiger partial charge on any atom is 0.333 e. The summed E-state index contributed by atoms with van der Waals surface area (Å²) in [5, 5.41) is 0. The fourth-order valence-electron chi connectivity index (χ4n) is 5.32. The lowest BCUT2D eigenvalue weighted by atomic mass is 10.0. The van der Waals surface area contributed by atoms with Gasteiger partial charge in [-0.1, -0.05) is 142 Å². The minimum atomic E-state index is -0.220. The first-order valence-corrected chi connectivity index (χ1v) is 16.5. The molecule has 0 aromatic heterocycles. The summed E-state index contributed by atoms with van der Waals surface area (Å²) in [5.74, 6) is -0.220. The van der Waals surface area contributed by atoms with Gasteiger partial charge in [0.15, 0.2) is 6.10 Å². The number of unbranched alkanes of at least 4 members (excludes halogenated alkanes) is 20. The Bertz CT molecular complexity index is 528. The van der Waals surface area contributed by atoms with Gasteiger partial charge in [-0.3, -0.25) is 0 Å². The summed E-state index contributed by atoms with van der Waals surface area (Å²) < 4.78 is 6.83. The van der Waals surface area contributed by atoms with E-state index in [9.17, 15) is 4.79 Å². The summed E-state index contributed by atoms with van der Waals surface area (Å²) in [6.07, 6.45) is 31.0. The van der Waals surface area contributed by atoms with Crippen molar-refractivity contribution in [2.75, 3.05) is 27.2 Å². The van der Waals surface area contributed by atoms with Crippen molar-refractivity contribution in [3.8, 4) is 0 Å². The van der Waals surface area contributed by atoms with Gasteiger partial charge in [-0.15, -0.1) is 0 Å². The van der Waals surface area contributed by atoms with Crippen LogP contribution in [0.3, 0.4) is 0 Å².